The van der Waals surface area contributed by atoms with Crippen LogP contribution < -0.4 is 10.9 Å². The summed E-state index contributed by atoms with van der Waals surface area (Å²) in [7, 11) is 0. The van der Waals surface area contributed by atoms with Crippen LogP contribution in [0.15, 0.2) is 10.9 Å². The van der Waals surface area contributed by atoms with E-state index >= 15 is 0 Å². The molecule has 0 unspecified atom stereocenters. The van der Waals surface area contributed by atoms with Crippen LogP contribution in [-0.2, 0) is 0 Å². The van der Waals surface area contributed by atoms with Crippen molar-refractivity contribution < 1.29 is 0 Å². The van der Waals surface area contributed by atoms with Gasteiger partial charge in [-0.05, 0) is 13.2 Å². The van der Waals surface area contributed by atoms with Crippen LogP contribution in [0, 0.1) is 6.92 Å². The highest BCUT2D eigenvalue weighted by Crippen LogP contribution is 2.17. The Labute approximate surface area is 105 Å². The van der Waals surface area contributed by atoms with Crippen molar-refractivity contribution in [3.8, 4) is 0 Å². The van der Waals surface area contributed by atoms with E-state index in [1.165, 1.54) is 33.7 Å². The first kappa shape index (κ1) is 11.5. The minimum absolute atomic E-state index is 0.179. The van der Waals surface area contributed by atoms with Gasteiger partial charge in [-0.1, -0.05) is 23.6 Å². The Bertz CT molecular complexity index is 603. The Balaban J connectivity index is 2.48. The van der Waals surface area contributed by atoms with Gasteiger partial charge in [0.05, 0.1) is 0 Å². The van der Waals surface area contributed by atoms with E-state index in [1.54, 1.807) is 6.92 Å². The van der Waals surface area contributed by atoms with E-state index in [4.69, 9.17) is 12.2 Å². The fraction of sp³-hybridized carbons (Fsp3) is 0.250. The maximum atomic E-state index is 11.6. The molecule has 2 rings (SSSR count). The number of anilines is 1. The van der Waals surface area contributed by atoms with Gasteiger partial charge in [0.15, 0.2) is 0 Å². The molecular weight excluding hydrogens is 264 g/mol. The summed E-state index contributed by atoms with van der Waals surface area (Å²) in [5, 5.41) is 7.60. The summed E-state index contributed by atoms with van der Waals surface area (Å²) in [6.45, 7) is 1.78. The van der Waals surface area contributed by atoms with E-state index in [9.17, 15) is 4.79 Å². The highest BCUT2D eigenvalue weighted by atomic mass is 32.2. The summed E-state index contributed by atoms with van der Waals surface area (Å²) in [6.07, 6.45) is 1.87. The molecule has 0 fully saturated rings. The summed E-state index contributed by atoms with van der Waals surface area (Å²) in [5.74, 6) is 0. The Hall–Kier alpha value is -0.990. The molecule has 0 aliphatic carbocycles. The van der Waals surface area contributed by atoms with Crippen LogP contribution in [0.25, 0.3) is 4.96 Å². The number of aryl methyl sites for hydroxylation is 1. The summed E-state index contributed by atoms with van der Waals surface area (Å²) in [6, 6.07) is 1.45. The molecule has 0 aliphatic rings. The zero-order chi connectivity index (χ0) is 11.7. The van der Waals surface area contributed by atoms with Crippen molar-refractivity contribution in [2.45, 2.75) is 6.92 Å². The number of fused-ring (bicyclic) bond motifs is 1. The van der Waals surface area contributed by atoms with Gasteiger partial charge >= 0.3 is 0 Å². The molecule has 0 aromatic carbocycles. The van der Waals surface area contributed by atoms with Gasteiger partial charge in [0.2, 0.25) is 10.1 Å². The largest absolute Gasteiger partial charge is 0.316 e. The third-order valence-corrected chi connectivity index (χ3v) is 3.67. The lowest BCUT2D eigenvalue weighted by Gasteiger charge is -1.97. The highest BCUT2D eigenvalue weighted by Gasteiger charge is 2.07. The molecule has 84 valence electrons. The predicted octanol–water partition coefficient (Wildman–Crippen LogP) is 1.52. The van der Waals surface area contributed by atoms with Gasteiger partial charge < -0.3 is 5.32 Å². The Morgan fingerprint density at radius 1 is 1.69 bits per heavy atom. The molecule has 2 aromatic heterocycles. The maximum absolute atomic E-state index is 11.6. The molecule has 0 spiro atoms. The van der Waals surface area contributed by atoms with Crippen molar-refractivity contribution in [2.24, 2.45) is 0 Å². The summed E-state index contributed by atoms with van der Waals surface area (Å²) in [5.41, 5.74) is 0.509. The summed E-state index contributed by atoms with van der Waals surface area (Å²) >= 11 is 7.73. The second-order valence-electron chi connectivity index (χ2n) is 2.95. The Morgan fingerprint density at radius 3 is 3.12 bits per heavy atom. The number of rotatable bonds is 1. The van der Waals surface area contributed by atoms with Gasteiger partial charge in [-0.2, -0.15) is 4.52 Å². The standard InChI is InChI=1S/C8H8N4OS3/c1-4-3-5(13)12-7(9-4)16-6(11-12)10-8(14)15-2/h3H,1-2H3,(H,10,11,14). The molecular formula is C8H8N4OS3. The molecule has 2 aromatic rings. The lowest BCUT2D eigenvalue weighted by Crippen LogP contribution is -2.14. The number of nitrogens with zero attached hydrogens (tertiary/aromatic N) is 3. The van der Waals surface area contributed by atoms with E-state index in [0.29, 0.717) is 20.1 Å². The van der Waals surface area contributed by atoms with Gasteiger partial charge in [-0.3, -0.25) is 4.79 Å². The van der Waals surface area contributed by atoms with Crippen LogP contribution in [0.2, 0.25) is 0 Å². The lowest BCUT2D eigenvalue weighted by molar-refractivity contribution is 0.895. The van der Waals surface area contributed by atoms with Gasteiger partial charge in [0.1, 0.15) is 4.32 Å². The van der Waals surface area contributed by atoms with Crippen LogP contribution in [0.1, 0.15) is 5.69 Å². The number of nitrogens with one attached hydrogen (secondary N) is 1. The zero-order valence-electron chi connectivity index (χ0n) is 8.55. The van der Waals surface area contributed by atoms with Gasteiger partial charge in [-0.15, -0.1) is 16.9 Å². The molecule has 0 atom stereocenters. The van der Waals surface area contributed by atoms with Crippen molar-refractivity contribution >= 4 is 49.7 Å². The number of thioether (sulfide) groups is 1. The van der Waals surface area contributed by atoms with Crippen molar-refractivity contribution in [3.05, 3.63) is 22.1 Å². The smallest absolute Gasteiger partial charge is 0.275 e. The zero-order valence-corrected chi connectivity index (χ0v) is 11.0. The van der Waals surface area contributed by atoms with Gasteiger partial charge in [0.25, 0.3) is 5.56 Å². The number of hydrogen-bond donors (Lipinski definition) is 1. The fourth-order valence-corrected chi connectivity index (χ4v) is 2.39. The minimum atomic E-state index is -0.179. The number of aromatic nitrogens is 3. The van der Waals surface area contributed by atoms with E-state index in [-0.39, 0.29) is 5.56 Å². The van der Waals surface area contributed by atoms with Crippen molar-refractivity contribution in [2.75, 3.05) is 11.6 Å². The van der Waals surface area contributed by atoms with Crippen LogP contribution >= 0.6 is 35.3 Å². The molecule has 8 heteroatoms. The SMILES string of the molecule is CSC(=S)Nc1nn2c(=O)cc(C)nc2s1. The van der Waals surface area contributed by atoms with Crippen molar-refractivity contribution in [1.82, 2.24) is 14.6 Å². The van der Waals surface area contributed by atoms with Crippen molar-refractivity contribution in [3.63, 3.8) is 0 Å². The topological polar surface area (TPSA) is 59.3 Å². The molecule has 5 nitrogen and oxygen atoms in total. The van der Waals surface area contributed by atoms with Gasteiger partial charge in [-0.25, -0.2) is 4.98 Å². The minimum Gasteiger partial charge on any atom is -0.316 e. The summed E-state index contributed by atoms with van der Waals surface area (Å²) < 4.78 is 1.88. The first-order chi connectivity index (χ1) is 7.60. The normalized spacial score (nSPS) is 10.6. The molecule has 16 heavy (non-hydrogen) atoms. The second kappa shape index (κ2) is 4.48. The average molecular weight is 272 g/mol. The first-order valence-electron chi connectivity index (χ1n) is 4.32. The third-order valence-electron chi connectivity index (χ3n) is 1.77. The van der Waals surface area contributed by atoms with E-state index < -0.39 is 0 Å². The van der Waals surface area contributed by atoms with Gasteiger partial charge in [0, 0.05) is 11.8 Å². The van der Waals surface area contributed by atoms with Crippen LogP contribution in [0.5, 0.6) is 0 Å². The maximum Gasteiger partial charge on any atom is 0.275 e. The molecule has 0 saturated carbocycles. The van der Waals surface area contributed by atoms with E-state index in [0.717, 1.165) is 0 Å². The van der Waals surface area contributed by atoms with Crippen LogP contribution in [0.4, 0.5) is 5.13 Å². The molecule has 0 amide bonds. The Morgan fingerprint density at radius 2 is 2.44 bits per heavy atom. The molecule has 0 aliphatic heterocycles. The quantitative estimate of drug-likeness (QED) is 0.794. The predicted molar refractivity (Wildman–Crippen MR) is 71.6 cm³/mol. The molecule has 2 heterocycles. The average Bonchev–Trinajstić information content (AvgIpc) is 2.60. The fourth-order valence-electron chi connectivity index (χ4n) is 1.11. The van der Waals surface area contributed by atoms with E-state index in [2.05, 4.69) is 15.4 Å². The number of thiocarbonyl (C=S) groups is 1. The van der Waals surface area contributed by atoms with E-state index in [1.807, 2.05) is 6.26 Å². The monoisotopic (exact) mass is 272 g/mol. The second-order valence-corrected chi connectivity index (χ2v) is 5.39. The molecule has 0 bridgehead atoms. The lowest BCUT2D eigenvalue weighted by atomic mass is 10.5. The Kier molecular flexibility index (Phi) is 3.22. The summed E-state index contributed by atoms with van der Waals surface area (Å²) in [4.78, 5) is 16.4. The molecule has 0 saturated heterocycles. The first-order valence-corrected chi connectivity index (χ1v) is 6.77. The van der Waals surface area contributed by atoms with Crippen molar-refractivity contribution in [1.29, 1.82) is 0 Å². The third kappa shape index (κ3) is 2.23. The molecule has 0 radical (unpaired) electrons. The van der Waals surface area contributed by atoms with Crippen LogP contribution in [-0.4, -0.2) is 25.2 Å². The highest BCUT2D eigenvalue weighted by molar-refractivity contribution is 8.22. The molecule has 1 N–H and O–H groups in total. The van der Waals surface area contributed by atoms with Crippen LogP contribution in [0.3, 0.4) is 0 Å². The number of hydrogen-bond acceptors (Lipinski definition) is 6.